The van der Waals surface area contributed by atoms with Crippen LogP contribution in [0.25, 0.3) is 0 Å². The van der Waals surface area contributed by atoms with Gasteiger partial charge in [0, 0.05) is 5.56 Å². The summed E-state index contributed by atoms with van der Waals surface area (Å²) in [7, 11) is 0. The SMILES string of the molecule is CCCCOc1ccc(N2C(=O)[C@H]3[C@@H](c4ccccc4O)N(c4ccccc4)O[C@H]3C2=O)cc1. The standard InChI is InChI=1S/C27H26N2O5/c1-2-3-17-33-20-15-13-18(14-16-20)28-26(31)23-24(21-11-7-8-12-22(21)30)29(34-25(23)27(28)32)19-9-5-4-6-10-19/h4-16,23-25,30H,2-3,17H2,1H3/t23-,24+,25+/m0/s1. The number of ether oxygens (including phenoxy) is 1. The number of amides is 2. The first-order valence-corrected chi connectivity index (χ1v) is 11.5. The number of phenols is 1. The fourth-order valence-corrected chi connectivity index (χ4v) is 4.55. The van der Waals surface area contributed by atoms with E-state index in [9.17, 15) is 14.7 Å². The molecule has 1 N–H and O–H groups in total. The number of carbonyl (C=O) groups is 2. The molecule has 2 aliphatic heterocycles. The molecule has 5 rings (SSSR count). The summed E-state index contributed by atoms with van der Waals surface area (Å²) < 4.78 is 5.70. The van der Waals surface area contributed by atoms with Gasteiger partial charge in [-0.2, -0.15) is 0 Å². The minimum Gasteiger partial charge on any atom is -0.508 e. The van der Waals surface area contributed by atoms with Gasteiger partial charge in [-0.25, -0.2) is 9.96 Å². The summed E-state index contributed by atoms with van der Waals surface area (Å²) in [5, 5.41) is 12.2. The van der Waals surface area contributed by atoms with Crippen LogP contribution in [0.5, 0.6) is 11.5 Å². The lowest BCUT2D eigenvalue weighted by Gasteiger charge is -2.29. The number of hydrogen-bond donors (Lipinski definition) is 1. The number of para-hydroxylation sites is 2. The Balaban J connectivity index is 1.47. The Morgan fingerprint density at radius 2 is 1.59 bits per heavy atom. The van der Waals surface area contributed by atoms with Crippen molar-refractivity contribution in [3.63, 3.8) is 0 Å². The molecule has 0 spiro atoms. The van der Waals surface area contributed by atoms with Crippen molar-refractivity contribution >= 4 is 23.2 Å². The van der Waals surface area contributed by atoms with Crippen LogP contribution < -0.4 is 14.7 Å². The number of rotatable bonds is 7. The van der Waals surface area contributed by atoms with Gasteiger partial charge in [0.05, 0.1) is 24.0 Å². The van der Waals surface area contributed by atoms with E-state index in [1.165, 1.54) is 4.90 Å². The van der Waals surface area contributed by atoms with Gasteiger partial charge in [-0.05, 0) is 48.9 Å². The summed E-state index contributed by atoms with van der Waals surface area (Å²) in [6.07, 6.45) is 1.00. The van der Waals surface area contributed by atoms with Gasteiger partial charge in [0.1, 0.15) is 17.4 Å². The van der Waals surface area contributed by atoms with Gasteiger partial charge in [-0.3, -0.25) is 14.4 Å². The second kappa shape index (κ2) is 9.19. The van der Waals surface area contributed by atoms with E-state index >= 15 is 0 Å². The Bertz CT molecular complexity index is 1180. The molecule has 0 aromatic heterocycles. The average molecular weight is 459 g/mol. The van der Waals surface area contributed by atoms with Crippen LogP contribution in [0, 0.1) is 5.92 Å². The number of fused-ring (bicyclic) bond motifs is 1. The lowest BCUT2D eigenvalue weighted by molar-refractivity contribution is -0.126. The third kappa shape index (κ3) is 3.78. The Morgan fingerprint density at radius 1 is 0.882 bits per heavy atom. The minimum absolute atomic E-state index is 0.0463. The highest BCUT2D eigenvalue weighted by Crippen LogP contribution is 2.49. The molecule has 2 fully saturated rings. The normalized spacial score (nSPS) is 21.7. The molecule has 2 aliphatic rings. The van der Waals surface area contributed by atoms with Gasteiger partial charge in [0.2, 0.25) is 5.91 Å². The maximum absolute atomic E-state index is 13.7. The van der Waals surface area contributed by atoms with Gasteiger partial charge in [-0.1, -0.05) is 49.7 Å². The molecule has 2 saturated heterocycles. The number of imide groups is 1. The summed E-state index contributed by atoms with van der Waals surface area (Å²) in [5.41, 5.74) is 1.70. The predicted molar refractivity (Wildman–Crippen MR) is 127 cm³/mol. The largest absolute Gasteiger partial charge is 0.508 e. The molecular formula is C27H26N2O5. The van der Waals surface area contributed by atoms with Crippen molar-refractivity contribution in [3.05, 3.63) is 84.4 Å². The number of benzene rings is 3. The molecule has 2 heterocycles. The van der Waals surface area contributed by atoms with Crippen LogP contribution in [0.4, 0.5) is 11.4 Å². The molecule has 3 aromatic rings. The first-order chi connectivity index (χ1) is 16.6. The summed E-state index contributed by atoms with van der Waals surface area (Å²) in [4.78, 5) is 34.3. The fraction of sp³-hybridized carbons (Fsp3) is 0.259. The van der Waals surface area contributed by atoms with Gasteiger partial charge in [-0.15, -0.1) is 0 Å². The molecule has 0 bridgehead atoms. The van der Waals surface area contributed by atoms with E-state index < -0.39 is 24.0 Å². The number of hydrogen-bond acceptors (Lipinski definition) is 6. The topological polar surface area (TPSA) is 79.3 Å². The monoisotopic (exact) mass is 458 g/mol. The highest BCUT2D eigenvalue weighted by Gasteiger charge is 2.60. The van der Waals surface area contributed by atoms with E-state index in [4.69, 9.17) is 9.57 Å². The Hall–Kier alpha value is -3.84. The minimum atomic E-state index is -0.988. The van der Waals surface area contributed by atoms with E-state index in [1.54, 1.807) is 53.6 Å². The van der Waals surface area contributed by atoms with Crippen molar-refractivity contribution in [2.24, 2.45) is 5.92 Å². The molecule has 174 valence electrons. The van der Waals surface area contributed by atoms with Crippen LogP contribution in [-0.4, -0.2) is 29.6 Å². The zero-order chi connectivity index (χ0) is 23.7. The third-order valence-corrected chi connectivity index (χ3v) is 6.24. The van der Waals surface area contributed by atoms with E-state index in [-0.39, 0.29) is 11.7 Å². The third-order valence-electron chi connectivity index (χ3n) is 6.24. The highest BCUT2D eigenvalue weighted by molar-refractivity contribution is 6.24. The predicted octanol–water partition coefficient (Wildman–Crippen LogP) is 4.62. The van der Waals surface area contributed by atoms with Gasteiger partial charge < -0.3 is 9.84 Å². The molecule has 0 aliphatic carbocycles. The van der Waals surface area contributed by atoms with Gasteiger partial charge >= 0.3 is 0 Å². The lowest BCUT2D eigenvalue weighted by atomic mass is 9.90. The summed E-state index contributed by atoms with van der Waals surface area (Å²) in [6.45, 7) is 2.71. The van der Waals surface area contributed by atoms with Crippen LogP contribution >= 0.6 is 0 Å². The molecular weight excluding hydrogens is 432 g/mol. The van der Waals surface area contributed by atoms with Crippen LogP contribution in [-0.2, 0) is 14.4 Å². The van der Waals surface area contributed by atoms with E-state index in [0.717, 1.165) is 12.8 Å². The zero-order valence-electron chi connectivity index (χ0n) is 18.8. The summed E-state index contributed by atoms with van der Waals surface area (Å²) >= 11 is 0. The van der Waals surface area contributed by atoms with Crippen LogP contribution in [0.3, 0.4) is 0 Å². The van der Waals surface area contributed by atoms with Crippen LogP contribution in [0.15, 0.2) is 78.9 Å². The van der Waals surface area contributed by atoms with Crippen molar-refractivity contribution in [2.75, 3.05) is 16.6 Å². The maximum Gasteiger partial charge on any atom is 0.266 e. The molecule has 7 heteroatoms. The number of aromatic hydroxyl groups is 1. The number of phenolic OH excluding ortho intramolecular Hbond substituents is 1. The van der Waals surface area contributed by atoms with Crippen molar-refractivity contribution in [2.45, 2.75) is 31.9 Å². The maximum atomic E-state index is 13.7. The van der Waals surface area contributed by atoms with Crippen molar-refractivity contribution in [1.82, 2.24) is 0 Å². The van der Waals surface area contributed by atoms with E-state index in [2.05, 4.69) is 6.92 Å². The Labute approximate surface area is 198 Å². The molecule has 2 amide bonds. The lowest BCUT2D eigenvalue weighted by Crippen LogP contribution is -2.37. The van der Waals surface area contributed by atoms with E-state index in [0.29, 0.717) is 29.3 Å². The number of unbranched alkanes of at least 4 members (excludes halogenated alkanes) is 1. The van der Waals surface area contributed by atoms with Gasteiger partial charge in [0.15, 0.2) is 6.10 Å². The molecule has 7 nitrogen and oxygen atoms in total. The fourth-order valence-electron chi connectivity index (χ4n) is 4.55. The number of hydroxylamine groups is 1. The molecule has 34 heavy (non-hydrogen) atoms. The Kier molecular flexibility index (Phi) is 5.94. The van der Waals surface area contributed by atoms with Crippen molar-refractivity contribution in [1.29, 1.82) is 0 Å². The van der Waals surface area contributed by atoms with Crippen molar-refractivity contribution in [3.8, 4) is 11.5 Å². The summed E-state index contributed by atoms with van der Waals surface area (Å²) in [6, 6.07) is 22.4. The van der Waals surface area contributed by atoms with Crippen LogP contribution in [0.2, 0.25) is 0 Å². The average Bonchev–Trinajstić information content (AvgIpc) is 3.36. The Morgan fingerprint density at radius 3 is 2.29 bits per heavy atom. The first kappa shape index (κ1) is 22.0. The number of carbonyl (C=O) groups excluding carboxylic acids is 2. The first-order valence-electron chi connectivity index (χ1n) is 11.5. The smallest absolute Gasteiger partial charge is 0.266 e. The van der Waals surface area contributed by atoms with Crippen molar-refractivity contribution < 1.29 is 24.3 Å². The molecule has 0 unspecified atom stereocenters. The van der Waals surface area contributed by atoms with Crippen LogP contribution in [0.1, 0.15) is 31.4 Å². The molecule has 0 radical (unpaired) electrons. The molecule has 0 saturated carbocycles. The second-order valence-corrected chi connectivity index (χ2v) is 8.42. The quantitative estimate of drug-likeness (QED) is 0.411. The molecule has 3 atom stereocenters. The zero-order valence-corrected chi connectivity index (χ0v) is 18.8. The van der Waals surface area contributed by atoms with Gasteiger partial charge in [0.25, 0.3) is 5.91 Å². The van der Waals surface area contributed by atoms with E-state index in [1.807, 2.05) is 30.3 Å². The summed E-state index contributed by atoms with van der Waals surface area (Å²) in [5.74, 6) is -0.851. The second-order valence-electron chi connectivity index (χ2n) is 8.42. The number of anilines is 2. The number of nitrogens with zero attached hydrogens (tertiary/aromatic N) is 2. The molecule has 3 aromatic carbocycles. The highest BCUT2D eigenvalue weighted by atomic mass is 16.7.